The number of hydrogen-bond donors (Lipinski definition) is 2. The van der Waals surface area contributed by atoms with E-state index >= 15 is 0 Å². The standard InChI is InChI=1S/C11H17BrN2O2S/c1-3-13-8-9-5-6-10(12)11(7-9)17(15,16)14-4-2/h5-7,13-14H,3-4,8H2,1-2H3. The lowest BCUT2D eigenvalue weighted by molar-refractivity contribution is 0.583. The second kappa shape index (κ2) is 6.49. The molecule has 2 N–H and O–H groups in total. The molecule has 1 aromatic carbocycles. The predicted octanol–water partition coefficient (Wildman–Crippen LogP) is 1.86. The molecule has 0 bridgehead atoms. The van der Waals surface area contributed by atoms with Gasteiger partial charge in [-0.3, -0.25) is 0 Å². The SMILES string of the molecule is CCNCc1ccc(Br)c(S(=O)(=O)NCC)c1. The fraction of sp³-hybridized carbons (Fsp3) is 0.455. The van der Waals surface area contributed by atoms with Crippen LogP contribution in [-0.2, 0) is 16.6 Å². The monoisotopic (exact) mass is 320 g/mol. The Morgan fingerprint density at radius 3 is 2.53 bits per heavy atom. The van der Waals surface area contributed by atoms with Crippen molar-refractivity contribution in [2.75, 3.05) is 13.1 Å². The van der Waals surface area contributed by atoms with Gasteiger partial charge in [-0.1, -0.05) is 19.9 Å². The van der Waals surface area contributed by atoms with Gasteiger partial charge in [0.05, 0.1) is 4.90 Å². The summed E-state index contributed by atoms with van der Waals surface area (Å²) in [6.45, 7) is 5.67. The van der Waals surface area contributed by atoms with E-state index in [4.69, 9.17) is 0 Å². The van der Waals surface area contributed by atoms with Gasteiger partial charge in [0.25, 0.3) is 0 Å². The van der Waals surface area contributed by atoms with Gasteiger partial charge in [-0.05, 0) is 40.2 Å². The zero-order valence-corrected chi connectivity index (χ0v) is 12.4. The van der Waals surface area contributed by atoms with E-state index in [1.807, 2.05) is 13.0 Å². The lowest BCUT2D eigenvalue weighted by atomic mass is 10.2. The minimum Gasteiger partial charge on any atom is -0.313 e. The molecule has 0 aliphatic rings. The van der Waals surface area contributed by atoms with E-state index in [1.165, 1.54) is 0 Å². The minimum atomic E-state index is -3.41. The maximum absolute atomic E-state index is 11.9. The molecule has 6 heteroatoms. The van der Waals surface area contributed by atoms with Crippen molar-refractivity contribution in [3.8, 4) is 0 Å². The van der Waals surface area contributed by atoms with Crippen LogP contribution in [0.2, 0.25) is 0 Å². The summed E-state index contributed by atoms with van der Waals surface area (Å²) in [7, 11) is -3.41. The molecule has 0 saturated heterocycles. The molecule has 0 radical (unpaired) electrons. The van der Waals surface area contributed by atoms with Crippen LogP contribution in [-0.4, -0.2) is 21.5 Å². The largest absolute Gasteiger partial charge is 0.313 e. The van der Waals surface area contributed by atoms with Gasteiger partial charge in [-0.25, -0.2) is 13.1 Å². The van der Waals surface area contributed by atoms with Crippen molar-refractivity contribution in [2.45, 2.75) is 25.3 Å². The molecule has 1 rings (SSSR count). The van der Waals surface area contributed by atoms with Gasteiger partial charge in [0.2, 0.25) is 10.0 Å². The first-order valence-electron chi connectivity index (χ1n) is 5.50. The maximum atomic E-state index is 11.9. The molecular formula is C11H17BrN2O2S. The van der Waals surface area contributed by atoms with E-state index in [-0.39, 0.29) is 4.90 Å². The third-order valence-electron chi connectivity index (χ3n) is 2.20. The number of hydrogen-bond acceptors (Lipinski definition) is 3. The Bertz CT molecular complexity index is 474. The number of halogens is 1. The smallest absolute Gasteiger partial charge is 0.241 e. The second-order valence-corrected chi connectivity index (χ2v) is 6.14. The van der Waals surface area contributed by atoms with E-state index in [9.17, 15) is 8.42 Å². The van der Waals surface area contributed by atoms with Crippen LogP contribution >= 0.6 is 15.9 Å². The summed E-state index contributed by atoms with van der Waals surface area (Å²) in [5.41, 5.74) is 0.950. The Hall–Kier alpha value is -0.430. The summed E-state index contributed by atoms with van der Waals surface area (Å²) in [4.78, 5) is 0.287. The minimum absolute atomic E-state index is 0.287. The lowest BCUT2D eigenvalue weighted by Crippen LogP contribution is -2.24. The van der Waals surface area contributed by atoms with Crippen molar-refractivity contribution in [1.29, 1.82) is 0 Å². The Morgan fingerprint density at radius 1 is 1.24 bits per heavy atom. The predicted molar refractivity (Wildman–Crippen MR) is 72.4 cm³/mol. The van der Waals surface area contributed by atoms with Gasteiger partial charge in [0, 0.05) is 17.6 Å². The number of benzene rings is 1. The summed E-state index contributed by atoms with van der Waals surface area (Å²) in [6, 6.07) is 5.35. The van der Waals surface area contributed by atoms with E-state index in [0.717, 1.165) is 12.1 Å². The molecular weight excluding hydrogens is 304 g/mol. The summed E-state index contributed by atoms with van der Waals surface area (Å²) in [6.07, 6.45) is 0. The zero-order chi connectivity index (χ0) is 12.9. The summed E-state index contributed by atoms with van der Waals surface area (Å²) in [5, 5.41) is 3.16. The van der Waals surface area contributed by atoms with Crippen LogP contribution in [0.4, 0.5) is 0 Å². The van der Waals surface area contributed by atoms with Crippen LogP contribution in [0.15, 0.2) is 27.6 Å². The number of nitrogens with one attached hydrogen (secondary N) is 2. The molecule has 4 nitrogen and oxygen atoms in total. The van der Waals surface area contributed by atoms with Crippen LogP contribution < -0.4 is 10.0 Å². The average Bonchev–Trinajstić information content (AvgIpc) is 2.27. The Kier molecular flexibility index (Phi) is 5.58. The van der Waals surface area contributed by atoms with Crippen molar-refractivity contribution >= 4 is 26.0 Å². The highest BCUT2D eigenvalue weighted by molar-refractivity contribution is 9.10. The van der Waals surface area contributed by atoms with E-state index in [0.29, 0.717) is 17.6 Å². The van der Waals surface area contributed by atoms with Gasteiger partial charge >= 0.3 is 0 Å². The molecule has 0 aromatic heterocycles. The first kappa shape index (κ1) is 14.6. The second-order valence-electron chi connectivity index (χ2n) is 3.55. The van der Waals surface area contributed by atoms with Gasteiger partial charge < -0.3 is 5.32 Å². The summed E-state index contributed by atoms with van der Waals surface area (Å²) < 4.78 is 26.9. The Labute approximate surface area is 111 Å². The summed E-state index contributed by atoms with van der Waals surface area (Å²) >= 11 is 3.26. The lowest BCUT2D eigenvalue weighted by Gasteiger charge is -2.09. The maximum Gasteiger partial charge on any atom is 0.241 e. The average molecular weight is 321 g/mol. The van der Waals surface area contributed by atoms with Crippen molar-refractivity contribution in [2.24, 2.45) is 0 Å². The molecule has 0 heterocycles. The van der Waals surface area contributed by atoms with Crippen molar-refractivity contribution in [1.82, 2.24) is 10.0 Å². The number of rotatable bonds is 6. The van der Waals surface area contributed by atoms with Crippen molar-refractivity contribution in [3.05, 3.63) is 28.2 Å². The Balaban J connectivity index is 3.06. The molecule has 17 heavy (non-hydrogen) atoms. The fourth-order valence-corrected chi connectivity index (χ4v) is 3.45. The molecule has 0 aliphatic heterocycles. The third kappa shape index (κ3) is 4.06. The molecule has 0 spiro atoms. The molecule has 0 saturated carbocycles. The van der Waals surface area contributed by atoms with Crippen molar-refractivity contribution in [3.63, 3.8) is 0 Å². The highest BCUT2D eigenvalue weighted by atomic mass is 79.9. The van der Waals surface area contributed by atoms with Gasteiger partial charge in [-0.2, -0.15) is 0 Å². The topological polar surface area (TPSA) is 58.2 Å². The van der Waals surface area contributed by atoms with Crippen LogP contribution in [0.25, 0.3) is 0 Å². The normalized spacial score (nSPS) is 11.7. The molecule has 0 atom stereocenters. The zero-order valence-electron chi connectivity index (χ0n) is 9.96. The molecule has 0 fully saturated rings. The van der Waals surface area contributed by atoms with E-state index in [1.54, 1.807) is 19.1 Å². The van der Waals surface area contributed by atoms with Crippen LogP contribution in [0.5, 0.6) is 0 Å². The van der Waals surface area contributed by atoms with E-state index in [2.05, 4.69) is 26.0 Å². The molecule has 0 unspecified atom stereocenters. The van der Waals surface area contributed by atoms with Crippen molar-refractivity contribution < 1.29 is 8.42 Å². The number of sulfonamides is 1. The first-order chi connectivity index (χ1) is 8.01. The molecule has 0 amide bonds. The molecule has 1 aromatic rings. The highest BCUT2D eigenvalue weighted by Crippen LogP contribution is 2.23. The third-order valence-corrected chi connectivity index (χ3v) is 4.74. The van der Waals surface area contributed by atoms with E-state index < -0.39 is 10.0 Å². The summed E-state index contributed by atoms with van der Waals surface area (Å²) in [5.74, 6) is 0. The highest BCUT2D eigenvalue weighted by Gasteiger charge is 2.16. The van der Waals surface area contributed by atoms with Gasteiger partial charge in [0.15, 0.2) is 0 Å². The van der Waals surface area contributed by atoms with Crippen LogP contribution in [0.3, 0.4) is 0 Å². The molecule has 96 valence electrons. The first-order valence-corrected chi connectivity index (χ1v) is 7.77. The quantitative estimate of drug-likeness (QED) is 0.841. The molecule has 0 aliphatic carbocycles. The van der Waals surface area contributed by atoms with Gasteiger partial charge in [0.1, 0.15) is 0 Å². The van der Waals surface area contributed by atoms with Crippen LogP contribution in [0, 0.1) is 0 Å². The van der Waals surface area contributed by atoms with Gasteiger partial charge in [-0.15, -0.1) is 0 Å². The van der Waals surface area contributed by atoms with Crippen LogP contribution in [0.1, 0.15) is 19.4 Å². The fourth-order valence-electron chi connectivity index (χ4n) is 1.40. The Morgan fingerprint density at radius 2 is 1.94 bits per heavy atom.